The Bertz CT molecular complexity index is 687. The van der Waals surface area contributed by atoms with E-state index in [4.69, 9.17) is 0 Å². The molecule has 0 atom stereocenters. The van der Waals surface area contributed by atoms with E-state index in [0.717, 1.165) is 50.8 Å². The average Bonchev–Trinajstić information content (AvgIpc) is 3.18. The van der Waals surface area contributed by atoms with Crippen molar-refractivity contribution in [3.8, 4) is 0 Å². The van der Waals surface area contributed by atoms with E-state index in [1.165, 1.54) is 18.5 Å². The molecule has 1 aromatic carbocycles. The number of anilines is 4. The first-order valence-electron chi connectivity index (χ1n) is 9.16. The zero-order valence-electron chi connectivity index (χ0n) is 14.9. The molecule has 6 nitrogen and oxygen atoms in total. The lowest BCUT2D eigenvalue weighted by molar-refractivity contribution is 0.313. The third-order valence-corrected chi connectivity index (χ3v) is 5.06. The summed E-state index contributed by atoms with van der Waals surface area (Å²) in [5, 5.41) is 3.33. The van der Waals surface area contributed by atoms with Gasteiger partial charge in [-0.05, 0) is 50.2 Å². The van der Waals surface area contributed by atoms with Crippen molar-refractivity contribution in [2.45, 2.75) is 12.8 Å². The largest absolute Gasteiger partial charge is 0.369 e. The Hall–Kier alpha value is -2.34. The van der Waals surface area contributed by atoms with E-state index in [9.17, 15) is 0 Å². The maximum Gasteiger partial charge on any atom is 0.229 e. The molecule has 6 heteroatoms. The summed E-state index contributed by atoms with van der Waals surface area (Å²) in [5.41, 5.74) is 2.31. The van der Waals surface area contributed by atoms with Crippen molar-refractivity contribution < 1.29 is 0 Å². The third-order valence-electron chi connectivity index (χ3n) is 5.06. The van der Waals surface area contributed by atoms with E-state index in [0.29, 0.717) is 5.95 Å². The summed E-state index contributed by atoms with van der Waals surface area (Å²) in [5.74, 6) is 1.68. The minimum absolute atomic E-state index is 0.664. The molecule has 0 bridgehead atoms. The molecule has 0 saturated carbocycles. The highest BCUT2D eigenvalue weighted by Crippen LogP contribution is 2.22. The van der Waals surface area contributed by atoms with Gasteiger partial charge in [-0.3, -0.25) is 0 Å². The number of benzene rings is 1. The predicted molar refractivity (Wildman–Crippen MR) is 103 cm³/mol. The van der Waals surface area contributed by atoms with Gasteiger partial charge >= 0.3 is 0 Å². The highest BCUT2D eigenvalue weighted by Gasteiger charge is 2.15. The fraction of sp³-hybridized carbons (Fsp3) is 0.474. The van der Waals surface area contributed by atoms with Crippen LogP contribution in [0.1, 0.15) is 12.8 Å². The van der Waals surface area contributed by atoms with Gasteiger partial charge in [0.05, 0.1) is 0 Å². The first-order valence-corrected chi connectivity index (χ1v) is 9.16. The zero-order chi connectivity index (χ0) is 17.1. The minimum atomic E-state index is 0.664. The number of hydrogen-bond acceptors (Lipinski definition) is 6. The van der Waals surface area contributed by atoms with Crippen LogP contribution in [-0.2, 0) is 0 Å². The first-order chi connectivity index (χ1) is 12.3. The van der Waals surface area contributed by atoms with Crippen LogP contribution in [0.4, 0.5) is 23.1 Å². The molecule has 0 spiro atoms. The van der Waals surface area contributed by atoms with Crippen molar-refractivity contribution in [2.75, 3.05) is 61.4 Å². The number of piperazine rings is 1. The smallest absolute Gasteiger partial charge is 0.229 e. The molecule has 2 aliphatic rings. The van der Waals surface area contributed by atoms with Crippen molar-refractivity contribution in [2.24, 2.45) is 0 Å². The van der Waals surface area contributed by atoms with E-state index in [1.54, 1.807) is 0 Å². The molecule has 0 aliphatic carbocycles. The number of nitrogens with one attached hydrogen (secondary N) is 1. The predicted octanol–water partition coefficient (Wildman–Crippen LogP) is 2.57. The Morgan fingerprint density at radius 3 is 2.28 bits per heavy atom. The third kappa shape index (κ3) is 3.85. The van der Waals surface area contributed by atoms with E-state index in [2.05, 4.69) is 61.3 Å². The highest BCUT2D eigenvalue weighted by atomic mass is 15.3. The minimum Gasteiger partial charge on any atom is -0.369 e. The Morgan fingerprint density at radius 2 is 1.56 bits per heavy atom. The number of likely N-dealkylation sites (N-methyl/N-ethyl adjacent to an activating group) is 1. The van der Waals surface area contributed by atoms with Gasteiger partial charge in [-0.25, -0.2) is 4.98 Å². The summed E-state index contributed by atoms with van der Waals surface area (Å²) in [6.07, 6.45) is 4.34. The van der Waals surface area contributed by atoms with Crippen LogP contribution < -0.4 is 15.1 Å². The second-order valence-electron chi connectivity index (χ2n) is 6.89. The van der Waals surface area contributed by atoms with Crippen LogP contribution in [0.25, 0.3) is 0 Å². The van der Waals surface area contributed by atoms with E-state index >= 15 is 0 Å². The summed E-state index contributed by atoms with van der Waals surface area (Å²) in [4.78, 5) is 16.2. The summed E-state index contributed by atoms with van der Waals surface area (Å²) in [6, 6.07) is 10.6. The van der Waals surface area contributed by atoms with Crippen LogP contribution in [0.15, 0.2) is 36.5 Å². The molecule has 2 aliphatic heterocycles. The fourth-order valence-corrected chi connectivity index (χ4v) is 3.48. The van der Waals surface area contributed by atoms with Gasteiger partial charge in [0.25, 0.3) is 0 Å². The lowest BCUT2D eigenvalue weighted by atomic mass is 10.2. The Balaban J connectivity index is 1.42. The van der Waals surface area contributed by atoms with Gasteiger partial charge in [0, 0.05) is 56.8 Å². The summed E-state index contributed by atoms with van der Waals surface area (Å²) in [7, 11) is 2.18. The topological polar surface area (TPSA) is 47.5 Å². The molecular formula is C19H26N6. The van der Waals surface area contributed by atoms with Crippen LogP contribution in [0.3, 0.4) is 0 Å². The summed E-state index contributed by atoms with van der Waals surface area (Å²) in [6.45, 7) is 6.61. The quantitative estimate of drug-likeness (QED) is 0.925. The SMILES string of the molecule is CN1CCN(c2ccc(Nc3nccc(N4CCCC4)n3)cc2)CC1. The standard InChI is InChI=1S/C19H26N6/c1-23-12-14-24(15-13-23)17-6-4-16(5-7-17)21-19-20-9-8-18(22-19)25-10-2-3-11-25/h4-9H,2-3,10-15H2,1H3,(H,20,21,22). The van der Waals surface area contributed by atoms with E-state index in [-0.39, 0.29) is 0 Å². The Labute approximate surface area is 149 Å². The molecule has 1 N–H and O–H groups in total. The molecule has 132 valence electrons. The van der Waals surface area contributed by atoms with Crippen LogP contribution in [0, 0.1) is 0 Å². The van der Waals surface area contributed by atoms with Gasteiger partial charge in [0.15, 0.2) is 0 Å². The number of nitrogens with zero attached hydrogens (tertiary/aromatic N) is 5. The molecular weight excluding hydrogens is 312 g/mol. The molecule has 1 aromatic heterocycles. The Morgan fingerprint density at radius 1 is 0.840 bits per heavy atom. The van der Waals surface area contributed by atoms with Crippen LogP contribution in [-0.4, -0.2) is 61.2 Å². The molecule has 0 radical (unpaired) electrons. The summed E-state index contributed by atoms with van der Waals surface area (Å²) < 4.78 is 0. The van der Waals surface area contributed by atoms with Crippen molar-refractivity contribution >= 4 is 23.1 Å². The van der Waals surface area contributed by atoms with Crippen molar-refractivity contribution in [3.05, 3.63) is 36.5 Å². The van der Waals surface area contributed by atoms with Gasteiger partial charge in [-0.2, -0.15) is 4.98 Å². The Kier molecular flexibility index (Phi) is 4.70. The molecule has 25 heavy (non-hydrogen) atoms. The number of hydrogen-bond donors (Lipinski definition) is 1. The van der Waals surface area contributed by atoms with Crippen LogP contribution in [0.5, 0.6) is 0 Å². The molecule has 3 heterocycles. The van der Waals surface area contributed by atoms with Crippen LogP contribution >= 0.6 is 0 Å². The molecule has 2 saturated heterocycles. The lowest BCUT2D eigenvalue weighted by Crippen LogP contribution is -2.44. The van der Waals surface area contributed by atoms with Gasteiger partial charge in [0.1, 0.15) is 5.82 Å². The van der Waals surface area contributed by atoms with E-state index < -0.39 is 0 Å². The average molecular weight is 338 g/mol. The number of rotatable bonds is 4. The normalized spacial score (nSPS) is 18.6. The van der Waals surface area contributed by atoms with Crippen molar-refractivity contribution in [1.82, 2.24) is 14.9 Å². The fourth-order valence-electron chi connectivity index (χ4n) is 3.48. The summed E-state index contributed by atoms with van der Waals surface area (Å²) >= 11 is 0. The zero-order valence-corrected chi connectivity index (χ0v) is 14.9. The molecule has 2 aromatic rings. The van der Waals surface area contributed by atoms with Gasteiger partial charge in [-0.15, -0.1) is 0 Å². The van der Waals surface area contributed by atoms with Crippen LogP contribution in [0.2, 0.25) is 0 Å². The second-order valence-corrected chi connectivity index (χ2v) is 6.89. The maximum atomic E-state index is 4.66. The maximum absolute atomic E-state index is 4.66. The lowest BCUT2D eigenvalue weighted by Gasteiger charge is -2.34. The monoisotopic (exact) mass is 338 g/mol. The van der Waals surface area contributed by atoms with E-state index in [1.807, 2.05) is 12.3 Å². The number of aromatic nitrogens is 2. The van der Waals surface area contributed by atoms with Gasteiger partial charge in [0.2, 0.25) is 5.95 Å². The second kappa shape index (κ2) is 7.27. The van der Waals surface area contributed by atoms with Gasteiger partial charge in [-0.1, -0.05) is 0 Å². The highest BCUT2D eigenvalue weighted by molar-refractivity contribution is 5.60. The molecule has 2 fully saturated rings. The molecule has 0 unspecified atom stereocenters. The van der Waals surface area contributed by atoms with Crippen molar-refractivity contribution in [1.29, 1.82) is 0 Å². The first kappa shape index (κ1) is 16.1. The molecule has 0 amide bonds. The van der Waals surface area contributed by atoms with Crippen molar-refractivity contribution in [3.63, 3.8) is 0 Å². The van der Waals surface area contributed by atoms with Gasteiger partial charge < -0.3 is 20.0 Å². The molecule has 4 rings (SSSR count).